The number of nitrogens with zero attached hydrogens (tertiary/aromatic N) is 3. The second-order valence-electron chi connectivity index (χ2n) is 6.11. The third-order valence-electron chi connectivity index (χ3n) is 4.19. The predicted molar refractivity (Wildman–Crippen MR) is 102 cm³/mol. The third kappa shape index (κ3) is 3.23. The van der Waals surface area contributed by atoms with Gasteiger partial charge in [-0.15, -0.1) is 0 Å². The Morgan fingerprint density at radius 2 is 1.63 bits per heavy atom. The Bertz CT molecular complexity index is 1120. The van der Waals surface area contributed by atoms with Gasteiger partial charge in [-0.05, 0) is 37.3 Å². The van der Waals surface area contributed by atoms with Crippen LogP contribution < -0.4 is 0 Å². The van der Waals surface area contributed by atoms with E-state index in [1.165, 1.54) is 4.68 Å². The minimum atomic E-state index is -4.51. The molecule has 0 saturated carbocycles. The molecule has 0 radical (unpaired) electrons. The number of para-hydroxylation sites is 1. The highest BCUT2D eigenvalue weighted by Gasteiger charge is 2.36. The summed E-state index contributed by atoms with van der Waals surface area (Å²) in [6, 6.07) is 17.1. The van der Waals surface area contributed by atoms with Gasteiger partial charge in [0.25, 0.3) is 0 Å². The van der Waals surface area contributed by atoms with Crippen LogP contribution in [0, 0.1) is 6.92 Å². The molecule has 0 unspecified atom stereocenters. The topological polar surface area (TPSA) is 30.7 Å². The molecule has 0 spiro atoms. The molecule has 7 heteroatoms. The standard InChI is InChI=1S/C20H13BrF3N3/c1-12-11-16(20(22,23)24)17-18(13-7-9-14(21)10-8-13)26-27(19(17)25-12)15-5-3-2-4-6-15/h2-11H,1H3. The largest absolute Gasteiger partial charge is 0.417 e. The number of hydrogen-bond donors (Lipinski definition) is 0. The van der Waals surface area contributed by atoms with Crippen molar-refractivity contribution in [3.63, 3.8) is 0 Å². The van der Waals surface area contributed by atoms with Gasteiger partial charge < -0.3 is 0 Å². The number of halogens is 4. The second kappa shape index (κ2) is 6.49. The van der Waals surface area contributed by atoms with Crippen LogP contribution in [-0.2, 0) is 6.18 Å². The van der Waals surface area contributed by atoms with Gasteiger partial charge in [-0.25, -0.2) is 9.67 Å². The van der Waals surface area contributed by atoms with E-state index in [9.17, 15) is 13.2 Å². The zero-order valence-corrected chi connectivity index (χ0v) is 15.7. The van der Waals surface area contributed by atoms with Crippen molar-refractivity contribution < 1.29 is 13.2 Å². The van der Waals surface area contributed by atoms with Gasteiger partial charge in [0.1, 0.15) is 5.69 Å². The first-order chi connectivity index (χ1) is 12.8. The maximum atomic E-state index is 13.8. The second-order valence-corrected chi connectivity index (χ2v) is 7.03. The lowest BCUT2D eigenvalue weighted by molar-refractivity contribution is -0.136. The van der Waals surface area contributed by atoms with E-state index in [0.29, 0.717) is 11.3 Å². The normalized spacial score (nSPS) is 11.9. The lowest BCUT2D eigenvalue weighted by atomic mass is 10.0. The SMILES string of the molecule is Cc1cc(C(F)(F)F)c2c(-c3ccc(Br)cc3)nn(-c3ccccc3)c2n1. The molecule has 0 bridgehead atoms. The Labute approximate surface area is 161 Å². The fourth-order valence-corrected chi connectivity index (χ4v) is 3.29. The first kappa shape index (κ1) is 17.7. The van der Waals surface area contributed by atoms with Gasteiger partial charge in [0, 0.05) is 15.7 Å². The van der Waals surface area contributed by atoms with E-state index in [1.54, 1.807) is 43.3 Å². The van der Waals surface area contributed by atoms with Gasteiger partial charge in [-0.2, -0.15) is 18.3 Å². The van der Waals surface area contributed by atoms with Gasteiger partial charge in [-0.3, -0.25) is 0 Å². The van der Waals surface area contributed by atoms with Crippen molar-refractivity contribution in [2.75, 3.05) is 0 Å². The molecule has 0 aliphatic rings. The Hall–Kier alpha value is -2.67. The number of aryl methyl sites for hydroxylation is 1. The number of pyridine rings is 1. The first-order valence-electron chi connectivity index (χ1n) is 8.13. The number of aromatic nitrogens is 3. The zero-order valence-electron chi connectivity index (χ0n) is 14.1. The third-order valence-corrected chi connectivity index (χ3v) is 4.72. The van der Waals surface area contributed by atoms with Crippen molar-refractivity contribution >= 4 is 27.0 Å². The van der Waals surface area contributed by atoms with Crippen molar-refractivity contribution in [1.82, 2.24) is 14.8 Å². The molecular formula is C20H13BrF3N3. The van der Waals surface area contributed by atoms with E-state index >= 15 is 0 Å². The van der Waals surface area contributed by atoms with E-state index in [1.807, 2.05) is 18.2 Å². The minimum Gasteiger partial charge on any atom is -0.233 e. The van der Waals surface area contributed by atoms with E-state index in [-0.39, 0.29) is 22.4 Å². The predicted octanol–water partition coefficient (Wildman–Crippen LogP) is 6.18. The molecule has 4 aromatic rings. The zero-order chi connectivity index (χ0) is 19.2. The number of rotatable bonds is 2. The van der Waals surface area contributed by atoms with E-state index in [0.717, 1.165) is 10.5 Å². The molecule has 27 heavy (non-hydrogen) atoms. The van der Waals surface area contributed by atoms with Crippen molar-refractivity contribution in [2.45, 2.75) is 13.1 Å². The molecule has 3 nitrogen and oxygen atoms in total. The maximum absolute atomic E-state index is 13.8. The average Bonchev–Trinajstić information content (AvgIpc) is 3.01. The quantitative estimate of drug-likeness (QED) is 0.379. The molecule has 0 fully saturated rings. The lowest BCUT2D eigenvalue weighted by Crippen LogP contribution is -2.08. The van der Waals surface area contributed by atoms with Crippen LogP contribution in [0.15, 0.2) is 65.1 Å². The Morgan fingerprint density at radius 1 is 0.963 bits per heavy atom. The van der Waals surface area contributed by atoms with Gasteiger partial charge in [0.05, 0.1) is 16.6 Å². The van der Waals surface area contributed by atoms with Crippen LogP contribution in [-0.4, -0.2) is 14.8 Å². The Balaban J connectivity index is 2.12. The van der Waals surface area contributed by atoms with Crippen LogP contribution in [0.2, 0.25) is 0 Å². The lowest BCUT2D eigenvalue weighted by Gasteiger charge is -2.10. The summed E-state index contributed by atoms with van der Waals surface area (Å²) in [6.45, 7) is 1.55. The number of hydrogen-bond acceptors (Lipinski definition) is 2. The summed E-state index contributed by atoms with van der Waals surface area (Å²) in [5, 5.41) is 4.51. The molecule has 0 N–H and O–H groups in total. The monoisotopic (exact) mass is 431 g/mol. The molecule has 2 aromatic heterocycles. The highest BCUT2D eigenvalue weighted by Crippen LogP contribution is 2.40. The molecule has 2 aromatic carbocycles. The van der Waals surface area contributed by atoms with Crippen LogP contribution in [0.3, 0.4) is 0 Å². The van der Waals surface area contributed by atoms with Gasteiger partial charge in [0.15, 0.2) is 5.65 Å². The summed E-state index contributed by atoms with van der Waals surface area (Å²) in [5.41, 5.74) is 1.23. The molecule has 0 aliphatic heterocycles. The molecule has 0 amide bonds. The first-order valence-corrected chi connectivity index (χ1v) is 8.93. The van der Waals surface area contributed by atoms with Crippen molar-refractivity contribution in [2.24, 2.45) is 0 Å². The average molecular weight is 432 g/mol. The summed E-state index contributed by atoms with van der Waals surface area (Å²) in [6.07, 6.45) is -4.51. The molecule has 0 atom stereocenters. The fraction of sp³-hybridized carbons (Fsp3) is 0.100. The molecule has 136 valence electrons. The van der Waals surface area contributed by atoms with Crippen molar-refractivity contribution in [3.8, 4) is 16.9 Å². The van der Waals surface area contributed by atoms with Crippen LogP contribution in [0.4, 0.5) is 13.2 Å². The van der Waals surface area contributed by atoms with Crippen LogP contribution in [0.5, 0.6) is 0 Å². The number of alkyl halides is 3. The summed E-state index contributed by atoms with van der Waals surface area (Å²) in [7, 11) is 0. The highest BCUT2D eigenvalue weighted by molar-refractivity contribution is 9.10. The smallest absolute Gasteiger partial charge is 0.233 e. The molecule has 0 saturated heterocycles. The summed E-state index contributed by atoms with van der Waals surface area (Å²) in [4.78, 5) is 4.38. The van der Waals surface area contributed by atoms with Crippen LogP contribution in [0.25, 0.3) is 28.0 Å². The van der Waals surface area contributed by atoms with E-state index in [4.69, 9.17) is 0 Å². The van der Waals surface area contributed by atoms with E-state index in [2.05, 4.69) is 26.0 Å². The summed E-state index contributed by atoms with van der Waals surface area (Å²) >= 11 is 3.35. The van der Waals surface area contributed by atoms with Gasteiger partial charge in [-0.1, -0.05) is 46.3 Å². The number of fused-ring (bicyclic) bond motifs is 1. The van der Waals surface area contributed by atoms with E-state index < -0.39 is 11.7 Å². The molecule has 2 heterocycles. The Kier molecular flexibility index (Phi) is 4.26. The molecule has 0 aliphatic carbocycles. The molecular weight excluding hydrogens is 419 g/mol. The van der Waals surface area contributed by atoms with Crippen LogP contribution in [0.1, 0.15) is 11.3 Å². The van der Waals surface area contributed by atoms with Gasteiger partial charge in [0.2, 0.25) is 0 Å². The maximum Gasteiger partial charge on any atom is 0.417 e. The summed E-state index contributed by atoms with van der Waals surface area (Å²) < 4.78 is 43.7. The highest BCUT2D eigenvalue weighted by atomic mass is 79.9. The molecule has 4 rings (SSSR count). The Morgan fingerprint density at radius 3 is 2.26 bits per heavy atom. The van der Waals surface area contributed by atoms with Crippen molar-refractivity contribution in [1.29, 1.82) is 0 Å². The van der Waals surface area contributed by atoms with Crippen LogP contribution >= 0.6 is 15.9 Å². The minimum absolute atomic E-state index is 0.000671. The fourth-order valence-electron chi connectivity index (χ4n) is 3.02. The van der Waals surface area contributed by atoms with Crippen molar-refractivity contribution in [3.05, 3.63) is 76.4 Å². The summed E-state index contributed by atoms with van der Waals surface area (Å²) in [5.74, 6) is 0. The van der Waals surface area contributed by atoms with Gasteiger partial charge >= 0.3 is 6.18 Å². The number of benzene rings is 2.